The third kappa shape index (κ3) is 5.45. The van der Waals surface area contributed by atoms with E-state index in [2.05, 4.69) is 33.4 Å². The fraction of sp³-hybridized carbons (Fsp3) is 0.379. The van der Waals surface area contributed by atoms with E-state index in [4.69, 9.17) is 9.97 Å². The molecule has 0 unspecified atom stereocenters. The Morgan fingerprint density at radius 1 is 0.950 bits per heavy atom. The molecule has 2 aliphatic heterocycles. The molecule has 2 aromatic carbocycles. The van der Waals surface area contributed by atoms with Crippen LogP contribution < -0.4 is 10.2 Å². The smallest absolute Gasteiger partial charge is 0.368 e. The zero-order valence-electron chi connectivity index (χ0n) is 22.0. The zero-order valence-corrected chi connectivity index (χ0v) is 22.0. The Kier molecular flexibility index (Phi) is 7.03. The summed E-state index contributed by atoms with van der Waals surface area (Å²) in [5, 5.41) is 3.41. The first kappa shape index (κ1) is 26.1. The molecule has 1 saturated heterocycles. The number of benzene rings is 2. The van der Waals surface area contributed by atoms with Crippen molar-refractivity contribution in [1.82, 2.24) is 24.4 Å². The van der Waals surface area contributed by atoms with Gasteiger partial charge in [-0.05, 0) is 48.1 Å². The maximum atomic E-state index is 13.0. The summed E-state index contributed by atoms with van der Waals surface area (Å²) in [4.78, 5) is 30.3. The van der Waals surface area contributed by atoms with E-state index in [1.165, 1.54) is 23.3 Å². The van der Waals surface area contributed by atoms with Crippen molar-refractivity contribution >= 4 is 28.8 Å². The van der Waals surface area contributed by atoms with E-state index in [0.717, 1.165) is 44.5 Å². The van der Waals surface area contributed by atoms with Crippen molar-refractivity contribution < 1.29 is 18.0 Å². The number of hydrogen-bond donors (Lipinski definition) is 1. The summed E-state index contributed by atoms with van der Waals surface area (Å²) in [6.07, 6.45) is 0.472. The Morgan fingerprint density at radius 3 is 2.50 bits per heavy atom. The summed E-state index contributed by atoms with van der Waals surface area (Å²) in [5.41, 5.74) is 3.81. The van der Waals surface area contributed by atoms with E-state index < -0.39 is 11.7 Å². The highest BCUT2D eigenvalue weighted by atomic mass is 19.4. The summed E-state index contributed by atoms with van der Waals surface area (Å²) in [5.74, 6) is 1.39. The first-order valence-electron chi connectivity index (χ1n) is 13.6. The van der Waals surface area contributed by atoms with Crippen molar-refractivity contribution in [3.63, 3.8) is 0 Å². The summed E-state index contributed by atoms with van der Waals surface area (Å²) >= 11 is 0. The van der Waals surface area contributed by atoms with Gasteiger partial charge in [-0.3, -0.25) is 4.79 Å². The third-order valence-corrected chi connectivity index (χ3v) is 7.57. The molecule has 4 heterocycles. The Balaban J connectivity index is 1.27. The molecule has 0 spiro atoms. The van der Waals surface area contributed by atoms with Crippen molar-refractivity contribution in [2.24, 2.45) is 0 Å². The molecule has 2 aliphatic rings. The van der Waals surface area contributed by atoms with Crippen LogP contribution >= 0.6 is 0 Å². The van der Waals surface area contributed by atoms with Crippen LogP contribution in [0.5, 0.6) is 0 Å². The number of carbonyl (C=O) groups excluding carboxylic acids is 1. The second-order valence-corrected chi connectivity index (χ2v) is 10.3. The number of imidazole rings is 1. The van der Waals surface area contributed by atoms with E-state index in [1.54, 1.807) is 6.33 Å². The highest BCUT2D eigenvalue weighted by Crippen LogP contribution is 2.30. The lowest BCUT2D eigenvalue weighted by atomic mass is 10.0. The summed E-state index contributed by atoms with van der Waals surface area (Å²) in [6, 6.07) is 13.5. The minimum Gasteiger partial charge on any atom is -0.368 e. The van der Waals surface area contributed by atoms with Crippen molar-refractivity contribution in [2.45, 2.75) is 44.9 Å². The van der Waals surface area contributed by atoms with E-state index in [0.29, 0.717) is 61.1 Å². The monoisotopic (exact) mass is 549 g/mol. The van der Waals surface area contributed by atoms with Crippen LogP contribution in [0.3, 0.4) is 0 Å². The van der Waals surface area contributed by atoms with Crippen LogP contribution in [-0.2, 0) is 30.5 Å². The lowest BCUT2D eigenvalue weighted by Crippen LogP contribution is -2.32. The molecular weight excluding hydrogens is 519 g/mol. The number of hydrogen-bond acceptors (Lipinski definition) is 6. The normalized spacial score (nSPS) is 15.6. The van der Waals surface area contributed by atoms with Gasteiger partial charge < -0.3 is 19.7 Å². The molecular formula is C29H30F3N7O. The Morgan fingerprint density at radius 2 is 1.75 bits per heavy atom. The number of rotatable bonds is 8. The largest absolute Gasteiger partial charge is 0.416 e. The molecule has 208 valence electrons. The molecule has 1 N–H and O–H groups in total. The van der Waals surface area contributed by atoms with E-state index >= 15 is 0 Å². The average molecular weight is 550 g/mol. The van der Waals surface area contributed by atoms with Gasteiger partial charge in [0.1, 0.15) is 0 Å². The maximum absolute atomic E-state index is 13.0. The highest BCUT2D eigenvalue weighted by molar-refractivity contribution is 5.84. The Hall–Kier alpha value is -4.15. The van der Waals surface area contributed by atoms with Crippen molar-refractivity contribution in [3.05, 3.63) is 77.1 Å². The fourth-order valence-corrected chi connectivity index (χ4v) is 5.39. The number of aromatic nitrogens is 4. The molecule has 40 heavy (non-hydrogen) atoms. The van der Waals surface area contributed by atoms with Crippen molar-refractivity contribution in [3.8, 4) is 0 Å². The van der Waals surface area contributed by atoms with E-state index in [1.807, 2.05) is 15.5 Å². The standard InChI is InChI=1S/C29H30F3N7O/c30-29(31,32)23-10-8-20(9-11-23)17-39-19-34-25-26(33-13-4-15-37-14-3-7-24(37)40)35-28(36-27(25)39)38-16-12-21-5-1-2-6-22(21)18-38/h1-2,5-6,8-11,19H,3-4,7,12-18H2,(H,33,35,36). The summed E-state index contributed by atoms with van der Waals surface area (Å²) in [6.45, 7) is 3.90. The lowest BCUT2D eigenvalue weighted by molar-refractivity contribution is -0.137. The zero-order chi connectivity index (χ0) is 27.7. The summed E-state index contributed by atoms with van der Waals surface area (Å²) in [7, 11) is 0. The van der Waals surface area contributed by atoms with Crippen LogP contribution in [-0.4, -0.2) is 56.5 Å². The number of amides is 1. The van der Waals surface area contributed by atoms with Gasteiger partial charge >= 0.3 is 6.18 Å². The number of halogens is 3. The quantitative estimate of drug-likeness (QED) is 0.316. The van der Waals surface area contributed by atoms with Gasteiger partial charge in [0.15, 0.2) is 17.0 Å². The topological polar surface area (TPSA) is 79.2 Å². The second-order valence-electron chi connectivity index (χ2n) is 10.3. The van der Waals surface area contributed by atoms with Crippen LogP contribution in [0.1, 0.15) is 41.5 Å². The molecule has 0 bridgehead atoms. The number of likely N-dealkylation sites (tertiary alicyclic amines) is 1. The molecule has 0 aliphatic carbocycles. The Bertz CT molecular complexity index is 1520. The van der Waals surface area contributed by atoms with Gasteiger partial charge in [0.25, 0.3) is 0 Å². The number of alkyl halides is 3. The van der Waals surface area contributed by atoms with Gasteiger partial charge in [0.2, 0.25) is 11.9 Å². The second kappa shape index (κ2) is 10.8. The molecule has 0 saturated carbocycles. The van der Waals surface area contributed by atoms with Crippen LogP contribution in [0.25, 0.3) is 11.2 Å². The highest BCUT2D eigenvalue weighted by Gasteiger charge is 2.30. The molecule has 2 aromatic heterocycles. The van der Waals surface area contributed by atoms with E-state index in [9.17, 15) is 18.0 Å². The molecule has 1 fully saturated rings. The first-order chi connectivity index (χ1) is 19.3. The SMILES string of the molecule is O=C1CCCN1CCCNc1nc(N2CCc3ccccc3C2)nc2c1ncn2Cc1ccc(C(F)(F)F)cc1. The van der Waals surface area contributed by atoms with Crippen LogP contribution in [0, 0.1) is 0 Å². The Labute approximate surface area is 229 Å². The van der Waals surface area contributed by atoms with Gasteiger partial charge in [0, 0.05) is 39.1 Å². The molecule has 4 aromatic rings. The molecule has 8 nitrogen and oxygen atoms in total. The number of nitrogens with one attached hydrogen (secondary N) is 1. The van der Waals surface area contributed by atoms with Gasteiger partial charge in [-0.25, -0.2) is 4.98 Å². The summed E-state index contributed by atoms with van der Waals surface area (Å²) < 4.78 is 40.9. The van der Waals surface area contributed by atoms with Crippen molar-refractivity contribution in [1.29, 1.82) is 0 Å². The number of anilines is 2. The fourth-order valence-electron chi connectivity index (χ4n) is 5.39. The minimum atomic E-state index is -4.38. The van der Waals surface area contributed by atoms with Crippen molar-refractivity contribution in [2.75, 3.05) is 36.4 Å². The minimum absolute atomic E-state index is 0.208. The van der Waals surface area contributed by atoms with E-state index in [-0.39, 0.29) is 5.91 Å². The molecule has 1 amide bonds. The molecule has 6 rings (SSSR count). The average Bonchev–Trinajstić information content (AvgIpc) is 3.56. The van der Waals surface area contributed by atoms with Gasteiger partial charge in [0.05, 0.1) is 18.4 Å². The number of fused-ring (bicyclic) bond motifs is 2. The van der Waals surface area contributed by atoms with Gasteiger partial charge in [-0.15, -0.1) is 0 Å². The van der Waals surface area contributed by atoms with Crippen LogP contribution in [0.2, 0.25) is 0 Å². The first-order valence-corrected chi connectivity index (χ1v) is 13.6. The number of nitrogens with zero attached hydrogens (tertiary/aromatic N) is 6. The predicted molar refractivity (Wildman–Crippen MR) is 146 cm³/mol. The molecule has 0 atom stereocenters. The molecule has 0 radical (unpaired) electrons. The third-order valence-electron chi connectivity index (χ3n) is 7.57. The number of carbonyl (C=O) groups is 1. The van der Waals surface area contributed by atoms with Gasteiger partial charge in [-0.2, -0.15) is 23.1 Å². The maximum Gasteiger partial charge on any atom is 0.416 e. The van der Waals surface area contributed by atoms with Gasteiger partial charge in [-0.1, -0.05) is 36.4 Å². The van der Waals surface area contributed by atoms with Crippen LogP contribution in [0.15, 0.2) is 54.9 Å². The lowest BCUT2D eigenvalue weighted by Gasteiger charge is -2.29. The predicted octanol–water partition coefficient (Wildman–Crippen LogP) is 4.88. The molecule has 11 heteroatoms. The van der Waals surface area contributed by atoms with Crippen LogP contribution in [0.4, 0.5) is 24.9 Å².